The van der Waals surface area contributed by atoms with Gasteiger partial charge in [-0.25, -0.2) is 0 Å². The summed E-state index contributed by atoms with van der Waals surface area (Å²) >= 11 is 0. The average molecular weight is 349 g/mol. The molecule has 0 fully saturated rings. The minimum absolute atomic E-state index is 0.956. The van der Waals surface area contributed by atoms with Crippen LogP contribution in [0.3, 0.4) is 0 Å². The molecule has 2 heteroatoms. The number of hydrogen-bond donors (Lipinski definition) is 0. The third kappa shape index (κ3) is 2.47. The number of hydrogen-bond acceptors (Lipinski definition) is 1. The Morgan fingerprint density at radius 1 is 0.500 bits per heavy atom. The fraction of sp³-hybridized carbons (Fsp3) is 0. The molecule has 4 aromatic carbocycles. The lowest BCUT2D eigenvalue weighted by molar-refractivity contribution is 0.669. The van der Waals surface area contributed by atoms with Crippen molar-refractivity contribution in [3.05, 3.63) is 103 Å². The van der Waals surface area contributed by atoms with Crippen LogP contribution in [0.1, 0.15) is 0 Å². The van der Waals surface area contributed by atoms with E-state index >= 15 is 0 Å². The van der Waals surface area contributed by atoms with Crippen LogP contribution in [-0.2, 0) is 0 Å². The summed E-state index contributed by atoms with van der Waals surface area (Å²) in [5.74, 6) is 0. The van der Waals surface area contributed by atoms with E-state index in [9.17, 15) is 0 Å². The normalized spacial score (nSPS) is 11.4. The molecule has 1 nitrogen and oxygen atoms in total. The molecule has 0 unspecified atom stereocenters. The van der Waals surface area contributed by atoms with Gasteiger partial charge in [-0.15, -0.1) is 0 Å². The maximum absolute atomic E-state index is 6.13. The van der Waals surface area contributed by atoms with Crippen molar-refractivity contribution in [2.45, 2.75) is 0 Å². The summed E-state index contributed by atoms with van der Waals surface area (Å²) in [5, 5.41) is 6.62. The van der Waals surface area contributed by atoms with Gasteiger partial charge in [0.25, 0.3) is 0 Å². The van der Waals surface area contributed by atoms with E-state index in [4.69, 9.17) is 4.42 Å². The third-order valence-electron chi connectivity index (χ3n) is 4.80. The Hall–Kier alpha value is -3.10. The summed E-state index contributed by atoms with van der Waals surface area (Å²) in [7, 11) is -1.12. The molecule has 0 saturated heterocycles. The number of rotatable bonds is 3. The molecule has 0 N–H and O–H groups in total. The van der Waals surface area contributed by atoms with Crippen molar-refractivity contribution >= 4 is 46.3 Å². The monoisotopic (exact) mass is 349 g/mol. The smallest absolute Gasteiger partial charge is 0.155 e. The molecule has 123 valence electrons. The van der Waals surface area contributed by atoms with Gasteiger partial charge in [-0.3, -0.25) is 0 Å². The van der Waals surface area contributed by atoms with Gasteiger partial charge < -0.3 is 4.42 Å². The Kier molecular flexibility index (Phi) is 3.69. The van der Waals surface area contributed by atoms with E-state index in [-0.39, 0.29) is 0 Å². The molecule has 0 saturated carbocycles. The van der Waals surface area contributed by atoms with Gasteiger partial charge in [0.15, 0.2) is 8.80 Å². The van der Waals surface area contributed by atoms with Gasteiger partial charge in [0.2, 0.25) is 0 Å². The summed E-state index contributed by atoms with van der Waals surface area (Å²) in [6.45, 7) is 0. The molecule has 5 aromatic rings. The molecular formula is C24H17OSi. The third-order valence-corrected chi connectivity index (χ3v) is 7.57. The Morgan fingerprint density at radius 3 is 1.77 bits per heavy atom. The summed E-state index contributed by atoms with van der Waals surface area (Å²) in [6.07, 6.45) is 0. The summed E-state index contributed by atoms with van der Waals surface area (Å²) in [6, 6.07) is 36.5. The predicted molar refractivity (Wildman–Crippen MR) is 111 cm³/mol. The molecule has 0 spiro atoms. The van der Waals surface area contributed by atoms with Crippen molar-refractivity contribution in [1.82, 2.24) is 0 Å². The van der Waals surface area contributed by atoms with Gasteiger partial charge in [-0.1, -0.05) is 101 Å². The highest BCUT2D eigenvalue weighted by molar-refractivity contribution is 6.97. The second-order valence-corrected chi connectivity index (χ2v) is 8.83. The summed E-state index contributed by atoms with van der Waals surface area (Å²) in [5.41, 5.74) is 1.93. The topological polar surface area (TPSA) is 13.1 Å². The van der Waals surface area contributed by atoms with Crippen LogP contribution in [0.25, 0.3) is 21.9 Å². The Bertz CT molecular complexity index is 1140. The summed E-state index contributed by atoms with van der Waals surface area (Å²) < 4.78 is 6.13. The molecule has 1 heterocycles. The molecule has 0 aliphatic carbocycles. The minimum Gasteiger partial charge on any atom is -0.456 e. The fourth-order valence-corrected chi connectivity index (χ4v) is 6.45. The largest absolute Gasteiger partial charge is 0.456 e. The highest BCUT2D eigenvalue weighted by atomic mass is 28.3. The van der Waals surface area contributed by atoms with Gasteiger partial charge in [-0.05, 0) is 17.3 Å². The van der Waals surface area contributed by atoms with Crippen molar-refractivity contribution in [2.24, 2.45) is 0 Å². The van der Waals surface area contributed by atoms with Crippen LogP contribution in [0.2, 0.25) is 0 Å². The van der Waals surface area contributed by atoms with E-state index in [0.717, 1.165) is 11.2 Å². The highest BCUT2D eigenvalue weighted by Gasteiger charge is 2.23. The molecule has 0 aliphatic heterocycles. The van der Waals surface area contributed by atoms with Crippen molar-refractivity contribution in [2.75, 3.05) is 0 Å². The van der Waals surface area contributed by atoms with Crippen LogP contribution in [0.4, 0.5) is 0 Å². The molecule has 0 amide bonds. The lowest BCUT2D eigenvalue weighted by Gasteiger charge is -2.17. The summed E-state index contributed by atoms with van der Waals surface area (Å²) in [4.78, 5) is 0. The first-order valence-electron chi connectivity index (χ1n) is 8.80. The van der Waals surface area contributed by atoms with Gasteiger partial charge in [0.1, 0.15) is 11.2 Å². The van der Waals surface area contributed by atoms with Gasteiger partial charge in [0, 0.05) is 10.8 Å². The first-order chi connectivity index (χ1) is 12.9. The zero-order chi connectivity index (χ0) is 17.3. The fourth-order valence-electron chi connectivity index (χ4n) is 3.67. The molecule has 1 aromatic heterocycles. The zero-order valence-corrected chi connectivity index (χ0v) is 15.2. The van der Waals surface area contributed by atoms with Crippen LogP contribution in [-0.4, -0.2) is 8.80 Å². The second kappa shape index (κ2) is 6.32. The number of fused-ring (bicyclic) bond motifs is 3. The van der Waals surface area contributed by atoms with Crippen molar-refractivity contribution in [1.29, 1.82) is 0 Å². The van der Waals surface area contributed by atoms with Crippen molar-refractivity contribution in [3.8, 4) is 0 Å². The van der Waals surface area contributed by atoms with E-state index < -0.39 is 8.80 Å². The zero-order valence-electron chi connectivity index (χ0n) is 14.2. The quantitative estimate of drug-likeness (QED) is 0.353. The number of benzene rings is 4. The SMILES string of the molecule is c1ccc([Si](c2ccccc2)c2cccc3oc4ccccc4c23)cc1. The Morgan fingerprint density at radius 2 is 1.08 bits per heavy atom. The van der Waals surface area contributed by atoms with E-state index in [1.165, 1.54) is 26.3 Å². The van der Waals surface area contributed by atoms with Gasteiger partial charge >= 0.3 is 0 Å². The first-order valence-corrected chi connectivity index (χ1v) is 10.3. The minimum atomic E-state index is -1.12. The molecule has 1 radical (unpaired) electrons. The van der Waals surface area contributed by atoms with E-state index in [1.54, 1.807) is 0 Å². The van der Waals surface area contributed by atoms with Crippen LogP contribution in [0.5, 0.6) is 0 Å². The van der Waals surface area contributed by atoms with Crippen molar-refractivity contribution in [3.63, 3.8) is 0 Å². The first kappa shape index (κ1) is 15.2. The molecule has 0 bridgehead atoms. The van der Waals surface area contributed by atoms with E-state index in [1.807, 2.05) is 6.07 Å². The number of furan rings is 1. The van der Waals surface area contributed by atoms with Crippen LogP contribution in [0, 0.1) is 0 Å². The maximum atomic E-state index is 6.13. The molecule has 5 rings (SSSR count). The van der Waals surface area contributed by atoms with Gasteiger partial charge in [-0.2, -0.15) is 0 Å². The number of para-hydroxylation sites is 1. The standard InChI is InChI=1S/C24H17OSi/c1-3-10-18(11-4-1)26(19-12-5-2-6-13-19)23-17-9-16-22-24(23)20-14-7-8-15-21(20)25-22/h1-17H. The molecule has 0 aliphatic rings. The predicted octanol–water partition coefficient (Wildman–Crippen LogP) is 4.10. The van der Waals surface area contributed by atoms with Crippen LogP contribution >= 0.6 is 0 Å². The highest BCUT2D eigenvalue weighted by Crippen LogP contribution is 2.27. The lowest BCUT2D eigenvalue weighted by Crippen LogP contribution is -2.52. The van der Waals surface area contributed by atoms with E-state index in [2.05, 4.69) is 97.1 Å². The maximum Gasteiger partial charge on any atom is 0.155 e. The molecule has 26 heavy (non-hydrogen) atoms. The van der Waals surface area contributed by atoms with Crippen LogP contribution < -0.4 is 15.6 Å². The van der Waals surface area contributed by atoms with Crippen molar-refractivity contribution < 1.29 is 4.42 Å². The molecular weight excluding hydrogens is 332 g/mol. The Labute approximate surface area is 154 Å². The van der Waals surface area contributed by atoms with Crippen LogP contribution in [0.15, 0.2) is 108 Å². The lowest BCUT2D eigenvalue weighted by atomic mass is 10.1. The average Bonchev–Trinajstić information content (AvgIpc) is 3.09. The van der Waals surface area contributed by atoms with Gasteiger partial charge in [0.05, 0.1) is 0 Å². The van der Waals surface area contributed by atoms with E-state index in [0.29, 0.717) is 0 Å². The molecule has 0 atom stereocenters. The Balaban J connectivity index is 1.85. The second-order valence-electron chi connectivity index (χ2n) is 6.38.